The number of nitrogens with zero attached hydrogens (tertiary/aromatic N) is 5. The second-order valence-electron chi connectivity index (χ2n) is 9.83. The van der Waals surface area contributed by atoms with E-state index in [1.54, 1.807) is 20.4 Å². The lowest BCUT2D eigenvalue weighted by molar-refractivity contribution is -0.137. The Morgan fingerprint density at radius 3 is 2.47 bits per heavy atom. The van der Waals surface area contributed by atoms with E-state index in [9.17, 15) is 13.2 Å². The number of methoxy groups -OCH3 is 2. The average molecular weight is 591 g/mol. The maximum Gasteiger partial charge on any atom is 0.416 e. The van der Waals surface area contributed by atoms with Crippen LogP contribution in [-0.4, -0.2) is 66.4 Å². The number of ether oxygens (including phenoxy) is 2. The van der Waals surface area contributed by atoms with Gasteiger partial charge in [0, 0.05) is 32.1 Å². The van der Waals surface area contributed by atoms with Gasteiger partial charge < -0.3 is 19.4 Å². The summed E-state index contributed by atoms with van der Waals surface area (Å²) >= 11 is 0. The van der Waals surface area contributed by atoms with E-state index in [1.165, 1.54) is 12.1 Å². The number of aromatic nitrogens is 3. The lowest BCUT2D eigenvalue weighted by Crippen LogP contribution is -2.30. The molecule has 43 heavy (non-hydrogen) atoms. The Hall–Kier alpha value is -4.48. The molecule has 3 aromatic rings. The van der Waals surface area contributed by atoms with Gasteiger partial charge in [-0.1, -0.05) is 19.1 Å². The van der Waals surface area contributed by atoms with Gasteiger partial charge in [-0.25, -0.2) is 9.97 Å². The predicted octanol–water partition coefficient (Wildman–Crippen LogP) is 6.17. The van der Waals surface area contributed by atoms with Crippen molar-refractivity contribution in [3.8, 4) is 23.0 Å². The monoisotopic (exact) mass is 590 g/mol. The van der Waals surface area contributed by atoms with Gasteiger partial charge in [0.1, 0.15) is 5.69 Å². The Morgan fingerprint density at radius 2 is 1.74 bits per heavy atom. The highest BCUT2D eigenvalue weighted by molar-refractivity contribution is 5.84. The highest BCUT2D eigenvalue weighted by Gasteiger charge is 2.30. The zero-order valence-corrected chi connectivity index (χ0v) is 24.2. The lowest BCUT2D eigenvalue weighted by Gasteiger charge is -2.21. The van der Waals surface area contributed by atoms with E-state index in [2.05, 4.69) is 22.1 Å². The maximum absolute atomic E-state index is 13.4. The van der Waals surface area contributed by atoms with E-state index in [0.717, 1.165) is 37.3 Å². The third kappa shape index (κ3) is 6.79. The number of nitrogens with one attached hydrogen (secondary N) is 1. The van der Waals surface area contributed by atoms with Crippen molar-refractivity contribution >= 4 is 22.4 Å². The summed E-state index contributed by atoms with van der Waals surface area (Å²) in [5, 5.41) is 4.08. The zero-order valence-electron chi connectivity index (χ0n) is 24.2. The van der Waals surface area contributed by atoms with Crippen molar-refractivity contribution in [2.45, 2.75) is 13.1 Å². The van der Waals surface area contributed by atoms with Crippen LogP contribution in [0.2, 0.25) is 0 Å². The number of benzene rings is 3. The van der Waals surface area contributed by atoms with Crippen molar-refractivity contribution in [3.63, 3.8) is 0 Å². The largest absolute Gasteiger partial charge is 0.480 e. The van der Waals surface area contributed by atoms with Crippen molar-refractivity contribution < 1.29 is 22.6 Å². The molecule has 0 spiro atoms. The first kappa shape index (κ1) is 30.0. The Bertz CT molecular complexity index is 1720. The minimum atomic E-state index is -4.43. The number of halogens is 3. The molecule has 2 heterocycles. The number of rotatable bonds is 11. The van der Waals surface area contributed by atoms with Crippen molar-refractivity contribution in [1.82, 2.24) is 19.4 Å². The maximum atomic E-state index is 13.4. The Kier molecular flexibility index (Phi) is 9.22. The Balaban J connectivity index is 1.69. The number of para-hydroxylation sites is 2. The van der Waals surface area contributed by atoms with Crippen molar-refractivity contribution in [1.29, 1.82) is 0 Å². The van der Waals surface area contributed by atoms with Crippen LogP contribution in [0.4, 0.5) is 24.5 Å². The highest BCUT2D eigenvalue weighted by atomic mass is 19.4. The molecule has 1 aromatic heterocycles. The van der Waals surface area contributed by atoms with Crippen LogP contribution in [0.15, 0.2) is 84.0 Å². The summed E-state index contributed by atoms with van der Waals surface area (Å²) in [6, 6.07) is 20.2. The number of alkyl halides is 3. The third-order valence-corrected chi connectivity index (χ3v) is 7.14. The molecule has 0 amide bonds. The predicted molar refractivity (Wildman–Crippen MR) is 161 cm³/mol. The molecule has 0 bridgehead atoms. The lowest BCUT2D eigenvalue weighted by atomic mass is 10.1. The molecule has 1 aliphatic carbocycles. The molecule has 0 atom stereocenters. The molecule has 1 N–H and O–H groups in total. The first-order valence-corrected chi connectivity index (χ1v) is 13.9. The summed E-state index contributed by atoms with van der Waals surface area (Å²) in [6.07, 6.45) is -2.78. The first-order valence-electron chi connectivity index (χ1n) is 13.9. The van der Waals surface area contributed by atoms with Crippen LogP contribution in [0.25, 0.3) is 28.1 Å². The molecule has 0 radical (unpaired) electrons. The fraction of sp³-hybridized carbons (Fsp3) is 0.281. The highest BCUT2D eigenvalue weighted by Crippen LogP contribution is 2.33. The number of likely N-dealkylation sites (N-methyl/N-ethyl adjacent to an activating group) is 1. The van der Waals surface area contributed by atoms with Gasteiger partial charge >= 0.3 is 6.18 Å². The standard InChI is InChI=1S/C32H33F3N6O2/c1-4-40(18-19-42-2)17-16-36-26-21-30-28(20-27(26)39-25-9-7-15-37-31(25)43-3)38-24-8-5-6-10-29(24)41(30)23-13-11-22(12-14-23)32(33,34)35/h5-15,20-21,39H,4,16-19H2,1-3H3. The van der Waals surface area contributed by atoms with E-state index < -0.39 is 11.7 Å². The molecule has 0 fully saturated rings. The van der Waals surface area contributed by atoms with Crippen LogP contribution in [0.5, 0.6) is 5.88 Å². The van der Waals surface area contributed by atoms with E-state index in [0.29, 0.717) is 58.4 Å². The summed E-state index contributed by atoms with van der Waals surface area (Å²) in [6.45, 7) is 5.62. The molecule has 2 aliphatic rings. The molecule has 11 heteroatoms. The van der Waals surface area contributed by atoms with Gasteiger partial charge in [-0.2, -0.15) is 13.2 Å². The Morgan fingerprint density at radius 1 is 0.953 bits per heavy atom. The topological polar surface area (TPSA) is 76.8 Å². The van der Waals surface area contributed by atoms with Gasteiger partial charge in [-0.3, -0.25) is 9.89 Å². The second-order valence-corrected chi connectivity index (χ2v) is 9.83. The van der Waals surface area contributed by atoms with Gasteiger partial charge in [-0.05, 0) is 67.2 Å². The Labute approximate surface area is 247 Å². The molecular weight excluding hydrogens is 557 g/mol. The number of pyridine rings is 1. The molecule has 0 saturated heterocycles. The van der Waals surface area contributed by atoms with Gasteiger partial charge in [-0.15, -0.1) is 0 Å². The van der Waals surface area contributed by atoms with E-state index >= 15 is 0 Å². The first-order chi connectivity index (χ1) is 20.8. The summed E-state index contributed by atoms with van der Waals surface area (Å²) < 4.78 is 52.7. The normalized spacial score (nSPS) is 12.4. The van der Waals surface area contributed by atoms with Crippen LogP contribution in [0.3, 0.4) is 0 Å². The average Bonchev–Trinajstić information content (AvgIpc) is 3.01. The molecule has 8 nitrogen and oxygen atoms in total. The minimum absolute atomic E-state index is 0.427. The molecule has 224 valence electrons. The third-order valence-electron chi connectivity index (χ3n) is 7.14. The number of hydrogen-bond donors (Lipinski definition) is 1. The van der Waals surface area contributed by atoms with Crippen LogP contribution in [-0.2, 0) is 10.9 Å². The van der Waals surface area contributed by atoms with Gasteiger partial charge in [0.05, 0.1) is 59.3 Å². The number of hydrogen-bond acceptors (Lipinski definition) is 7. The summed E-state index contributed by atoms with van der Waals surface area (Å²) in [5.74, 6) is 0.427. The van der Waals surface area contributed by atoms with Gasteiger partial charge in [0.2, 0.25) is 5.88 Å². The minimum Gasteiger partial charge on any atom is -0.480 e. The van der Waals surface area contributed by atoms with E-state index in [4.69, 9.17) is 19.5 Å². The number of anilines is 2. The van der Waals surface area contributed by atoms with E-state index in [-0.39, 0.29) is 0 Å². The fourth-order valence-corrected chi connectivity index (χ4v) is 4.90. The van der Waals surface area contributed by atoms with E-state index in [1.807, 2.05) is 53.1 Å². The van der Waals surface area contributed by atoms with Gasteiger partial charge in [0.25, 0.3) is 0 Å². The van der Waals surface area contributed by atoms with Crippen molar-refractivity contribution in [3.05, 3.63) is 89.9 Å². The fourth-order valence-electron chi connectivity index (χ4n) is 4.90. The van der Waals surface area contributed by atoms with Crippen LogP contribution < -0.4 is 15.4 Å². The molecular formula is C32H33F3N6O2. The summed E-state index contributed by atoms with van der Waals surface area (Å²) in [5.41, 5.74) is 4.02. The van der Waals surface area contributed by atoms with Crippen molar-refractivity contribution in [2.24, 2.45) is 4.99 Å². The quantitative estimate of drug-likeness (QED) is 0.186. The number of fused-ring (bicyclic) bond motifs is 2. The summed E-state index contributed by atoms with van der Waals surface area (Å²) in [4.78, 5) is 16.4. The van der Waals surface area contributed by atoms with Crippen LogP contribution in [0.1, 0.15) is 12.5 Å². The molecule has 0 saturated carbocycles. The van der Waals surface area contributed by atoms with Crippen LogP contribution in [0, 0.1) is 0 Å². The van der Waals surface area contributed by atoms with Crippen LogP contribution >= 0.6 is 0 Å². The SMILES string of the molecule is CCN(CCN=c1cc2n(-c3ccc(C(F)(F)F)cc3)c3ccccc3nc-2cc1Nc1cccnc1OC)CCOC. The van der Waals surface area contributed by atoms with Crippen molar-refractivity contribution in [2.75, 3.05) is 52.3 Å². The molecule has 5 rings (SSSR count). The molecule has 2 aromatic carbocycles. The summed E-state index contributed by atoms with van der Waals surface area (Å²) in [7, 11) is 3.24. The van der Waals surface area contributed by atoms with Gasteiger partial charge in [0.15, 0.2) is 0 Å². The zero-order chi connectivity index (χ0) is 30.4. The smallest absolute Gasteiger partial charge is 0.416 e. The molecule has 0 unspecified atom stereocenters. The molecule has 1 aliphatic heterocycles. The second kappa shape index (κ2) is 13.2.